The monoisotopic (exact) mass is 246 g/mol. The van der Waals surface area contributed by atoms with E-state index >= 15 is 0 Å². The smallest absolute Gasteiger partial charge is 0.337 e. The van der Waals surface area contributed by atoms with E-state index in [1.54, 1.807) is 24.3 Å². The zero-order chi connectivity index (χ0) is 13.4. The Balaban J connectivity index is 0.000000180. The van der Waals surface area contributed by atoms with Gasteiger partial charge in [0.25, 0.3) is 5.69 Å². The second kappa shape index (κ2) is 6.74. The normalized spacial score (nSPS) is 8.89. The molecule has 1 aromatic carbocycles. The highest BCUT2D eigenvalue weighted by Crippen LogP contribution is 2.06. The second-order valence-electron chi connectivity index (χ2n) is 3.14. The average Bonchev–Trinajstić information content (AvgIpc) is 2.41. The van der Waals surface area contributed by atoms with Gasteiger partial charge in [-0.15, -0.1) is 0 Å². The molecule has 0 spiro atoms. The molecule has 1 N–H and O–H groups in total. The number of nitro groups is 1. The lowest BCUT2D eigenvalue weighted by Gasteiger charge is -1.87. The van der Waals surface area contributed by atoms with Crippen LogP contribution in [0, 0.1) is 10.1 Å². The number of aromatic nitrogens is 1. The lowest BCUT2D eigenvalue weighted by molar-refractivity contribution is -0.384. The zero-order valence-electron chi connectivity index (χ0n) is 9.26. The zero-order valence-corrected chi connectivity index (χ0v) is 9.26. The molecular weight excluding hydrogens is 236 g/mol. The molecule has 0 radical (unpaired) electrons. The van der Waals surface area contributed by atoms with Crippen molar-refractivity contribution < 1.29 is 14.8 Å². The van der Waals surface area contributed by atoms with E-state index in [0.717, 1.165) is 0 Å². The van der Waals surface area contributed by atoms with Crippen molar-refractivity contribution >= 4 is 11.7 Å². The van der Waals surface area contributed by atoms with E-state index in [2.05, 4.69) is 4.98 Å². The Morgan fingerprint density at radius 3 is 2.17 bits per heavy atom. The predicted molar refractivity (Wildman–Crippen MR) is 64.3 cm³/mol. The standard InChI is InChI=1S/2C6H5NO2/c8-6(9)5-2-1-3-7-4-5;8-7(9)6-4-2-1-3-5-6/h1-4H,(H,8,9);1-5H. The maximum absolute atomic E-state index is 10.2. The number of aromatic carboxylic acids is 1. The van der Waals surface area contributed by atoms with Gasteiger partial charge in [-0.25, -0.2) is 4.79 Å². The molecule has 0 aliphatic rings. The molecule has 2 aromatic rings. The van der Waals surface area contributed by atoms with Gasteiger partial charge in [0.1, 0.15) is 0 Å². The third kappa shape index (κ3) is 4.40. The first-order valence-corrected chi connectivity index (χ1v) is 4.94. The Labute approximate surface area is 103 Å². The van der Waals surface area contributed by atoms with E-state index in [1.165, 1.54) is 30.6 Å². The fraction of sp³-hybridized carbons (Fsp3) is 0. The molecule has 0 aliphatic heterocycles. The highest BCUT2D eigenvalue weighted by molar-refractivity contribution is 5.86. The van der Waals surface area contributed by atoms with E-state index in [4.69, 9.17) is 5.11 Å². The summed E-state index contributed by atoms with van der Waals surface area (Å²) in [5.41, 5.74) is 0.356. The van der Waals surface area contributed by atoms with Crippen LogP contribution in [0.5, 0.6) is 0 Å². The van der Waals surface area contributed by atoms with Crippen molar-refractivity contribution in [2.24, 2.45) is 0 Å². The van der Waals surface area contributed by atoms with Crippen LogP contribution >= 0.6 is 0 Å². The summed E-state index contributed by atoms with van der Waals surface area (Å²) in [5.74, 6) is -0.942. The van der Waals surface area contributed by atoms with Gasteiger partial charge in [-0.05, 0) is 12.1 Å². The number of carboxylic acids is 1. The molecule has 0 saturated heterocycles. The molecule has 0 atom stereocenters. The Morgan fingerprint density at radius 1 is 1.17 bits per heavy atom. The number of hydrogen-bond acceptors (Lipinski definition) is 4. The number of carbonyl (C=O) groups is 1. The van der Waals surface area contributed by atoms with E-state index in [9.17, 15) is 14.9 Å². The maximum Gasteiger partial charge on any atom is 0.337 e. The summed E-state index contributed by atoms with van der Waals surface area (Å²) in [6.45, 7) is 0. The van der Waals surface area contributed by atoms with Gasteiger partial charge in [0, 0.05) is 24.5 Å². The first-order chi connectivity index (χ1) is 8.61. The van der Waals surface area contributed by atoms with Crippen molar-refractivity contribution in [3.63, 3.8) is 0 Å². The van der Waals surface area contributed by atoms with Crippen LogP contribution in [-0.4, -0.2) is 21.0 Å². The summed E-state index contributed by atoms with van der Waals surface area (Å²) in [4.78, 5) is 23.4. The molecule has 6 nitrogen and oxygen atoms in total. The Bertz CT molecular complexity index is 465. The molecule has 0 aliphatic carbocycles. The van der Waals surface area contributed by atoms with Crippen LogP contribution < -0.4 is 0 Å². The summed E-state index contributed by atoms with van der Waals surface area (Å²) < 4.78 is 0. The van der Waals surface area contributed by atoms with E-state index < -0.39 is 10.9 Å². The maximum atomic E-state index is 10.2. The molecule has 2 rings (SSSR count). The third-order valence-electron chi connectivity index (χ3n) is 1.88. The average molecular weight is 246 g/mol. The van der Waals surface area contributed by atoms with E-state index in [1.807, 2.05) is 0 Å². The quantitative estimate of drug-likeness (QED) is 0.648. The number of pyridine rings is 1. The molecule has 0 bridgehead atoms. The van der Waals surface area contributed by atoms with Crippen LogP contribution in [-0.2, 0) is 0 Å². The largest absolute Gasteiger partial charge is 0.478 e. The number of nitrogens with zero attached hydrogens (tertiary/aromatic N) is 2. The van der Waals surface area contributed by atoms with Crippen LogP contribution in [0.3, 0.4) is 0 Å². The van der Waals surface area contributed by atoms with Gasteiger partial charge in [-0.2, -0.15) is 0 Å². The van der Waals surface area contributed by atoms with Gasteiger partial charge in [-0.3, -0.25) is 15.1 Å². The van der Waals surface area contributed by atoms with Gasteiger partial charge in [0.2, 0.25) is 0 Å². The molecule has 0 saturated carbocycles. The van der Waals surface area contributed by atoms with Crippen molar-refractivity contribution in [3.8, 4) is 0 Å². The molecular formula is C12H10N2O4. The summed E-state index contributed by atoms with van der Waals surface area (Å²) in [6, 6.07) is 11.0. The summed E-state index contributed by atoms with van der Waals surface area (Å²) in [7, 11) is 0. The number of non-ortho nitro benzene ring substituents is 1. The Kier molecular flexibility index (Phi) is 4.98. The van der Waals surface area contributed by atoms with Crippen LogP contribution in [0.2, 0.25) is 0 Å². The Hall–Kier alpha value is -2.76. The van der Waals surface area contributed by atoms with Crippen LogP contribution in [0.4, 0.5) is 5.69 Å². The molecule has 0 unspecified atom stereocenters. The lowest BCUT2D eigenvalue weighted by Crippen LogP contribution is -1.94. The first kappa shape index (κ1) is 13.3. The van der Waals surface area contributed by atoms with Crippen molar-refractivity contribution in [1.82, 2.24) is 4.98 Å². The molecule has 1 aromatic heterocycles. The molecule has 92 valence electrons. The number of nitro benzene ring substituents is 1. The first-order valence-electron chi connectivity index (χ1n) is 4.94. The topological polar surface area (TPSA) is 93.3 Å². The second-order valence-corrected chi connectivity index (χ2v) is 3.14. The highest BCUT2D eigenvalue weighted by atomic mass is 16.6. The summed E-state index contributed by atoms with van der Waals surface area (Å²) >= 11 is 0. The van der Waals surface area contributed by atoms with Crippen LogP contribution in [0.1, 0.15) is 10.4 Å². The van der Waals surface area contributed by atoms with Gasteiger partial charge < -0.3 is 5.11 Å². The summed E-state index contributed by atoms with van der Waals surface area (Å²) in [5, 5.41) is 18.4. The number of benzene rings is 1. The molecule has 1 heterocycles. The number of hydrogen-bond donors (Lipinski definition) is 1. The minimum Gasteiger partial charge on any atom is -0.478 e. The number of rotatable bonds is 2. The lowest BCUT2D eigenvalue weighted by atomic mass is 10.3. The predicted octanol–water partition coefficient (Wildman–Crippen LogP) is 2.37. The van der Waals surface area contributed by atoms with Crippen molar-refractivity contribution in [2.75, 3.05) is 0 Å². The SMILES string of the molecule is O=C(O)c1cccnc1.O=[N+]([O-])c1ccccc1. The minimum absolute atomic E-state index is 0.137. The van der Waals surface area contributed by atoms with Gasteiger partial charge in [0.15, 0.2) is 0 Å². The van der Waals surface area contributed by atoms with E-state index in [-0.39, 0.29) is 11.3 Å². The molecule has 6 heteroatoms. The number of para-hydroxylation sites is 1. The summed E-state index contributed by atoms with van der Waals surface area (Å²) in [6.07, 6.45) is 2.84. The third-order valence-corrected chi connectivity index (χ3v) is 1.88. The Morgan fingerprint density at radius 2 is 1.83 bits per heavy atom. The van der Waals surface area contributed by atoms with Crippen molar-refractivity contribution in [3.05, 3.63) is 70.5 Å². The van der Waals surface area contributed by atoms with Gasteiger partial charge in [-0.1, -0.05) is 18.2 Å². The van der Waals surface area contributed by atoms with E-state index in [0.29, 0.717) is 0 Å². The molecule has 18 heavy (non-hydrogen) atoms. The number of carboxylic acid groups (broad SMARTS) is 1. The van der Waals surface area contributed by atoms with Crippen LogP contribution in [0.15, 0.2) is 54.9 Å². The fourth-order valence-electron chi connectivity index (χ4n) is 1.04. The van der Waals surface area contributed by atoms with Gasteiger partial charge in [0.05, 0.1) is 10.5 Å². The molecule has 0 amide bonds. The van der Waals surface area contributed by atoms with Gasteiger partial charge >= 0.3 is 5.97 Å². The van der Waals surface area contributed by atoms with Crippen molar-refractivity contribution in [1.29, 1.82) is 0 Å². The van der Waals surface area contributed by atoms with Crippen LogP contribution in [0.25, 0.3) is 0 Å². The highest BCUT2D eigenvalue weighted by Gasteiger charge is 1.98. The minimum atomic E-state index is -0.942. The molecule has 0 fully saturated rings. The van der Waals surface area contributed by atoms with Crippen molar-refractivity contribution in [2.45, 2.75) is 0 Å². The fourth-order valence-corrected chi connectivity index (χ4v) is 1.04.